The van der Waals surface area contributed by atoms with Crippen LogP contribution in [0, 0.1) is 0 Å². The molecule has 1 aliphatic heterocycles. The van der Waals surface area contributed by atoms with Crippen LogP contribution in [0.5, 0.6) is 0 Å². The van der Waals surface area contributed by atoms with Crippen molar-refractivity contribution in [3.8, 4) is 0 Å². The zero-order valence-electron chi connectivity index (χ0n) is 20.3. The minimum absolute atomic E-state index is 0.0777. The van der Waals surface area contributed by atoms with Crippen molar-refractivity contribution in [2.24, 2.45) is 0 Å². The Morgan fingerprint density at radius 2 is 1.81 bits per heavy atom. The molecule has 10 nitrogen and oxygen atoms in total. The van der Waals surface area contributed by atoms with Crippen molar-refractivity contribution >= 4 is 28.5 Å². The van der Waals surface area contributed by atoms with Gasteiger partial charge in [-0.3, -0.25) is 23.9 Å². The molecule has 36 heavy (non-hydrogen) atoms. The largest absolute Gasteiger partial charge is 0.368 e. The Hall–Kier alpha value is -3.95. The molecular weight excluding hydrogens is 460 g/mol. The van der Waals surface area contributed by atoms with Gasteiger partial charge in [0.25, 0.3) is 11.5 Å². The van der Waals surface area contributed by atoms with Crippen LogP contribution in [0.1, 0.15) is 48.2 Å². The van der Waals surface area contributed by atoms with Gasteiger partial charge in [-0.2, -0.15) is 0 Å². The molecule has 10 heteroatoms. The highest BCUT2D eigenvalue weighted by atomic mass is 16.2. The lowest BCUT2D eigenvalue weighted by molar-refractivity contribution is -0.130. The number of para-hydroxylation sites is 1. The second-order valence-electron chi connectivity index (χ2n) is 9.36. The lowest BCUT2D eigenvalue weighted by Gasteiger charge is -2.36. The SMILES string of the molecule is CCCn1c(=O)[nH]c(=O)c2c(C(=O)NCC(=O)N3CCN(c4ccccc4)CC3)cc(C3CC3)nc21. The van der Waals surface area contributed by atoms with Gasteiger partial charge in [0.1, 0.15) is 0 Å². The summed E-state index contributed by atoms with van der Waals surface area (Å²) in [5.41, 5.74) is 1.02. The molecule has 0 spiro atoms. The molecule has 1 saturated carbocycles. The smallest absolute Gasteiger partial charge is 0.329 e. The van der Waals surface area contributed by atoms with Gasteiger partial charge < -0.3 is 15.1 Å². The van der Waals surface area contributed by atoms with Gasteiger partial charge in [-0.25, -0.2) is 9.78 Å². The highest BCUT2D eigenvalue weighted by molar-refractivity contribution is 6.06. The molecule has 1 aromatic carbocycles. The molecule has 2 amide bonds. The highest BCUT2D eigenvalue weighted by Gasteiger charge is 2.29. The third-order valence-corrected chi connectivity index (χ3v) is 6.81. The number of aromatic nitrogens is 3. The summed E-state index contributed by atoms with van der Waals surface area (Å²) in [4.78, 5) is 62.1. The van der Waals surface area contributed by atoms with E-state index in [1.54, 1.807) is 11.0 Å². The first-order chi connectivity index (χ1) is 17.5. The molecule has 0 radical (unpaired) electrons. The maximum Gasteiger partial charge on any atom is 0.329 e. The lowest BCUT2D eigenvalue weighted by Crippen LogP contribution is -2.51. The number of nitrogens with zero attached hydrogens (tertiary/aromatic N) is 4. The fourth-order valence-electron chi connectivity index (χ4n) is 4.71. The Bertz CT molecular complexity index is 1400. The third-order valence-electron chi connectivity index (χ3n) is 6.81. The molecular formula is C26H30N6O4. The Kier molecular flexibility index (Phi) is 6.58. The van der Waals surface area contributed by atoms with Crippen molar-refractivity contribution in [2.75, 3.05) is 37.6 Å². The van der Waals surface area contributed by atoms with Crippen LogP contribution in [0.2, 0.25) is 0 Å². The molecule has 2 aliphatic rings. The van der Waals surface area contributed by atoms with Gasteiger partial charge in [-0.05, 0) is 37.5 Å². The number of aromatic amines is 1. The van der Waals surface area contributed by atoms with Crippen molar-refractivity contribution in [3.05, 3.63) is 68.5 Å². The number of amides is 2. The fraction of sp³-hybridized carbons (Fsp3) is 0.423. The number of hydrogen-bond donors (Lipinski definition) is 2. The van der Waals surface area contributed by atoms with E-state index < -0.39 is 17.2 Å². The summed E-state index contributed by atoms with van der Waals surface area (Å²) >= 11 is 0. The topological polar surface area (TPSA) is 120 Å². The number of anilines is 1. The van der Waals surface area contributed by atoms with Gasteiger partial charge in [0.15, 0.2) is 5.65 Å². The van der Waals surface area contributed by atoms with Crippen molar-refractivity contribution in [2.45, 2.75) is 38.6 Å². The number of rotatable bonds is 7. The van der Waals surface area contributed by atoms with E-state index in [1.807, 2.05) is 37.3 Å². The van der Waals surface area contributed by atoms with E-state index in [0.717, 1.165) is 18.5 Å². The maximum atomic E-state index is 13.2. The second kappa shape index (κ2) is 9.96. The first-order valence-corrected chi connectivity index (χ1v) is 12.5. The molecule has 2 N–H and O–H groups in total. The fourth-order valence-corrected chi connectivity index (χ4v) is 4.71. The average molecular weight is 491 g/mol. The number of nitrogens with one attached hydrogen (secondary N) is 2. The molecule has 1 aliphatic carbocycles. The maximum absolute atomic E-state index is 13.2. The molecule has 2 aromatic heterocycles. The van der Waals surface area contributed by atoms with Crippen LogP contribution in [0.25, 0.3) is 11.0 Å². The zero-order chi connectivity index (χ0) is 25.2. The van der Waals surface area contributed by atoms with Gasteiger partial charge in [-0.15, -0.1) is 0 Å². The standard InChI is InChI=1S/C26H30N6O4/c1-2-10-32-23-22(25(35)29-26(32)36)19(15-20(28-23)17-8-9-17)24(34)27-16-21(33)31-13-11-30(12-14-31)18-6-4-3-5-7-18/h3-7,15,17H,2,8-14,16H2,1H3,(H,27,34)(H,29,35,36). The van der Waals surface area contributed by atoms with E-state index in [4.69, 9.17) is 0 Å². The predicted octanol–water partition coefficient (Wildman–Crippen LogP) is 1.45. The first kappa shape index (κ1) is 23.8. The summed E-state index contributed by atoms with van der Waals surface area (Å²) in [5, 5.41) is 2.78. The number of fused-ring (bicyclic) bond motifs is 1. The molecule has 5 rings (SSSR count). The van der Waals surface area contributed by atoms with Crippen molar-refractivity contribution in [1.29, 1.82) is 0 Å². The number of piperazine rings is 1. The summed E-state index contributed by atoms with van der Waals surface area (Å²) in [6, 6.07) is 11.7. The summed E-state index contributed by atoms with van der Waals surface area (Å²) in [5.74, 6) is -0.477. The van der Waals surface area contributed by atoms with E-state index in [-0.39, 0.29) is 35.0 Å². The van der Waals surface area contributed by atoms with E-state index >= 15 is 0 Å². The molecule has 2 fully saturated rings. The number of H-pyrrole nitrogens is 1. The third kappa shape index (κ3) is 4.75. The van der Waals surface area contributed by atoms with Crippen LogP contribution < -0.4 is 21.5 Å². The average Bonchev–Trinajstić information content (AvgIpc) is 3.75. The van der Waals surface area contributed by atoms with E-state index in [9.17, 15) is 19.2 Å². The normalized spacial score (nSPS) is 15.8. The second-order valence-corrected chi connectivity index (χ2v) is 9.36. The lowest BCUT2D eigenvalue weighted by atomic mass is 10.1. The number of hydrogen-bond acceptors (Lipinski definition) is 6. The van der Waals surface area contributed by atoms with Crippen LogP contribution in [-0.2, 0) is 11.3 Å². The zero-order valence-corrected chi connectivity index (χ0v) is 20.3. The van der Waals surface area contributed by atoms with E-state index in [0.29, 0.717) is 44.8 Å². The summed E-state index contributed by atoms with van der Waals surface area (Å²) in [6.45, 7) is 4.70. The number of pyridine rings is 1. The monoisotopic (exact) mass is 490 g/mol. The van der Waals surface area contributed by atoms with Crippen LogP contribution in [-0.4, -0.2) is 64.0 Å². The Balaban J connectivity index is 1.32. The van der Waals surface area contributed by atoms with Gasteiger partial charge in [-0.1, -0.05) is 25.1 Å². The van der Waals surface area contributed by atoms with Crippen molar-refractivity contribution < 1.29 is 9.59 Å². The van der Waals surface area contributed by atoms with E-state index in [1.165, 1.54) is 4.57 Å². The molecule has 188 valence electrons. The molecule has 0 bridgehead atoms. The molecule has 0 unspecified atom stereocenters. The molecule has 1 saturated heterocycles. The summed E-state index contributed by atoms with van der Waals surface area (Å²) < 4.78 is 1.41. The number of carbonyl (C=O) groups is 2. The van der Waals surface area contributed by atoms with Crippen LogP contribution >= 0.6 is 0 Å². The van der Waals surface area contributed by atoms with Gasteiger partial charge >= 0.3 is 5.69 Å². The summed E-state index contributed by atoms with van der Waals surface area (Å²) in [7, 11) is 0. The number of carbonyl (C=O) groups excluding carboxylic acids is 2. The van der Waals surface area contributed by atoms with Crippen molar-refractivity contribution in [1.82, 2.24) is 24.8 Å². The van der Waals surface area contributed by atoms with E-state index in [2.05, 4.69) is 20.2 Å². The molecule has 3 aromatic rings. The van der Waals surface area contributed by atoms with Crippen molar-refractivity contribution in [3.63, 3.8) is 0 Å². The minimum atomic E-state index is -0.647. The first-order valence-electron chi connectivity index (χ1n) is 12.5. The van der Waals surface area contributed by atoms with Crippen LogP contribution in [0.3, 0.4) is 0 Å². The van der Waals surface area contributed by atoms with Gasteiger partial charge in [0, 0.05) is 50.0 Å². The minimum Gasteiger partial charge on any atom is -0.368 e. The highest BCUT2D eigenvalue weighted by Crippen LogP contribution is 2.39. The quantitative estimate of drug-likeness (QED) is 0.517. The Morgan fingerprint density at radius 3 is 2.47 bits per heavy atom. The number of benzene rings is 1. The van der Waals surface area contributed by atoms with Crippen LogP contribution in [0.4, 0.5) is 5.69 Å². The Morgan fingerprint density at radius 1 is 1.08 bits per heavy atom. The summed E-state index contributed by atoms with van der Waals surface area (Å²) in [6.07, 6.45) is 2.58. The van der Waals surface area contributed by atoms with Crippen LogP contribution in [0.15, 0.2) is 46.0 Å². The van der Waals surface area contributed by atoms with Gasteiger partial charge in [0.2, 0.25) is 5.91 Å². The Labute approximate surface area is 207 Å². The van der Waals surface area contributed by atoms with Gasteiger partial charge in [0.05, 0.1) is 17.5 Å². The molecule has 0 atom stereocenters. The predicted molar refractivity (Wildman–Crippen MR) is 136 cm³/mol. The number of aryl methyl sites for hydroxylation is 1. The molecule has 3 heterocycles.